The van der Waals surface area contributed by atoms with Crippen molar-refractivity contribution < 1.29 is 14.6 Å². The summed E-state index contributed by atoms with van der Waals surface area (Å²) >= 11 is 0. The van der Waals surface area contributed by atoms with Gasteiger partial charge in [0, 0.05) is 0 Å². The number of ether oxygens (including phenoxy) is 1. The predicted octanol–water partition coefficient (Wildman–Crippen LogP) is 3.63. The lowest BCUT2D eigenvalue weighted by Gasteiger charge is -2.18. The summed E-state index contributed by atoms with van der Waals surface area (Å²) in [6.07, 6.45) is 2.87. The van der Waals surface area contributed by atoms with Gasteiger partial charge in [0.1, 0.15) is 11.3 Å². The lowest BCUT2D eigenvalue weighted by atomic mass is 9.97. The van der Waals surface area contributed by atoms with E-state index in [1.54, 1.807) is 6.92 Å². The van der Waals surface area contributed by atoms with Crippen LogP contribution in [0.5, 0.6) is 5.75 Å². The molecular weight excluding hydrogens is 302 g/mol. The second-order valence-corrected chi connectivity index (χ2v) is 6.33. The molecule has 0 radical (unpaired) electrons. The Hall–Kier alpha value is -2.33. The van der Waals surface area contributed by atoms with Crippen molar-refractivity contribution >= 4 is 5.97 Å². The maximum Gasteiger partial charge on any atom is 0.323 e. The Morgan fingerprint density at radius 2 is 1.67 bits per heavy atom. The summed E-state index contributed by atoms with van der Waals surface area (Å²) in [5.74, 6) is -0.127. The van der Waals surface area contributed by atoms with Crippen molar-refractivity contribution in [2.24, 2.45) is 5.73 Å². The first-order chi connectivity index (χ1) is 11.5. The number of rotatable bonds is 9. The second-order valence-electron chi connectivity index (χ2n) is 6.33. The Balaban J connectivity index is 1.71. The van der Waals surface area contributed by atoms with Crippen molar-refractivity contribution in [3.63, 3.8) is 0 Å². The lowest BCUT2D eigenvalue weighted by molar-refractivity contribution is -0.142. The molecule has 1 atom stereocenters. The number of aliphatic carboxylic acids is 1. The average molecular weight is 327 g/mol. The third-order valence-electron chi connectivity index (χ3n) is 4.02. The third-order valence-corrected chi connectivity index (χ3v) is 4.02. The molecule has 3 N–H and O–H groups in total. The first-order valence-corrected chi connectivity index (χ1v) is 8.25. The van der Waals surface area contributed by atoms with Gasteiger partial charge in [0.2, 0.25) is 0 Å². The molecule has 2 aromatic carbocycles. The minimum absolute atomic E-state index is 0.446. The normalized spacial score (nSPS) is 13.2. The highest BCUT2D eigenvalue weighted by Crippen LogP contribution is 2.16. The number of hydrogen-bond acceptors (Lipinski definition) is 3. The summed E-state index contributed by atoms with van der Waals surface area (Å²) in [7, 11) is 0. The maximum absolute atomic E-state index is 10.9. The average Bonchev–Trinajstić information content (AvgIpc) is 2.57. The highest BCUT2D eigenvalue weighted by Gasteiger charge is 2.26. The second kappa shape index (κ2) is 8.50. The van der Waals surface area contributed by atoms with Crippen molar-refractivity contribution in [1.29, 1.82) is 0 Å². The van der Waals surface area contributed by atoms with Gasteiger partial charge in [-0.2, -0.15) is 0 Å². The Morgan fingerprint density at radius 3 is 2.29 bits per heavy atom. The minimum Gasteiger partial charge on any atom is -0.494 e. The van der Waals surface area contributed by atoms with Crippen LogP contribution in [0.15, 0.2) is 54.6 Å². The summed E-state index contributed by atoms with van der Waals surface area (Å²) in [6.45, 7) is 2.11. The van der Waals surface area contributed by atoms with Crippen LogP contribution in [-0.2, 0) is 11.2 Å². The molecule has 0 aromatic heterocycles. The van der Waals surface area contributed by atoms with E-state index in [0.717, 1.165) is 25.0 Å². The number of carboxylic acid groups (broad SMARTS) is 1. The molecule has 0 saturated heterocycles. The van der Waals surface area contributed by atoms with Crippen molar-refractivity contribution in [2.75, 3.05) is 6.61 Å². The van der Waals surface area contributed by atoms with Crippen LogP contribution in [0.4, 0.5) is 0 Å². The number of hydrogen-bond donors (Lipinski definition) is 2. The maximum atomic E-state index is 10.9. The van der Waals surface area contributed by atoms with E-state index in [9.17, 15) is 4.79 Å². The molecule has 0 bridgehead atoms. The van der Waals surface area contributed by atoms with Gasteiger partial charge < -0.3 is 15.6 Å². The van der Waals surface area contributed by atoms with Gasteiger partial charge in [-0.15, -0.1) is 0 Å². The van der Waals surface area contributed by atoms with Gasteiger partial charge in [-0.3, -0.25) is 4.79 Å². The fourth-order valence-corrected chi connectivity index (χ4v) is 2.43. The monoisotopic (exact) mass is 327 g/mol. The topological polar surface area (TPSA) is 72.5 Å². The number of nitrogens with two attached hydrogens (primary N) is 1. The molecule has 0 saturated carbocycles. The highest BCUT2D eigenvalue weighted by atomic mass is 16.5. The van der Waals surface area contributed by atoms with E-state index < -0.39 is 11.5 Å². The van der Waals surface area contributed by atoms with Crippen LogP contribution in [0.3, 0.4) is 0 Å². The zero-order valence-electron chi connectivity index (χ0n) is 14.1. The largest absolute Gasteiger partial charge is 0.494 e. The molecule has 0 heterocycles. The molecular formula is C20H25NO3. The van der Waals surface area contributed by atoms with Gasteiger partial charge >= 0.3 is 5.97 Å². The molecule has 24 heavy (non-hydrogen) atoms. The van der Waals surface area contributed by atoms with Crippen molar-refractivity contribution in [1.82, 2.24) is 0 Å². The standard InChI is InChI=1S/C20H25NO3/c1-20(21,19(22)23)13-5-6-14-24-18-11-9-17(10-12-18)15-16-7-3-2-4-8-16/h2-4,7-12H,5-6,13-15,21H2,1H3,(H,22,23). The minimum atomic E-state index is -1.15. The van der Waals surface area contributed by atoms with E-state index in [1.807, 2.05) is 30.3 Å². The molecule has 128 valence electrons. The molecule has 0 amide bonds. The van der Waals surface area contributed by atoms with Gasteiger partial charge in [0.15, 0.2) is 0 Å². The Kier molecular flexibility index (Phi) is 6.38. The lowest BCUT2D eigenvalue weighted by Crippen LogP contribution is -2.44. The van der Waals surface area contributed by atoms with Crippen LogP contribution in [0.25, 0.3) is 0 Å². The van der Waals surface area contributed by atoms with Gasteiger partial charge in [0.25, 0.3) is 0 Å². The zero-order valence-corrected chi connectivity index (χ0v) is 14.1. The van der Waals surface area contributed by atoms with Crippen LogP contribution >= 0.6 is 0 Å². The molecule has 1 unspecified atom stereocenters. The smallest absolute Gasteiger partial charge is 0.323 e. The first kappa shape index (κ1) is 18.0. The number of unbranched alkanes of at least 4 members (excludes halogenated alkanes) is 1. The SMILES string of the molecule is CC(N)(CCCCOc1ccc(Cc2ccccc2)cc1)C(=O)O. The molecule has 0 fully saturated rings. The van der Waals surface area contributed by atoms with E-state index in [1.165, 1.54) is 11.1 Å². The van der Waals surface area contributed by atoms with Gasteiger partial charge in [-0.25, -0.2) is 0 Å². The molecule has 0 aliphatic rings. The summed E-state index contributed by atoms with van der Waals surface area (Å²) in [5, 5.41) is 8.95. The molecule has 0 spiro atoms. The molecule has 4 heteroatoms. The van der Waals surface area contributed by atoms with Crippen LogP contribution in [0.2, 0.25) is 0 Å². The van der Waals surface area contributed by atoms with Gasteiger partial charge in [0.05, 0.1) is 6.61 Å². The van der Waals surface area contributed by atoms with Gasteiger partial charge in [-0.05, 0) is 55.9 Å². The molecule has 4 nitrogen and oxygen atoms in total. The van der Waals surface area contributed by atoms with Crippen LogP contribution in [0, 0.1) is 0 Å². The number of benzene rings is 2. The summed E-state index contributed by atoms with van der Waals surface area (Å²) < 4.78 is 5.70. The molecule has 0 aliphatic heterocycles. The van der Waals surface area contributed by atoms with Crippen LogP contribution in [0.1, 0.15) is 37.3 Å². The summed E-state index contributed by atoms with van der Waals surface area (Å²) in [5.41, 5.74) is 7.07. The van der Waals surface area contributed by atoms with E-state index in [4.69, 9.17) is 15.6 Å². The fourth-order valence-electron chi connectivity index (χ4n) is 2.43. The summed E-state index contributed by atoms with van der Waals surface area (Å²) in [4.78, 5) is 10.9. The van der Waals surface area contributed by atoms with E-state index >= 15 is 0 Å². The number of carboxylic acids is 1. The summed E-state index contributed by atoms with van der Waals surface area (Å²) in [6, 6.07) is 18.4. The predicted molar refractivity (Wildman–Crippen MR) is 95.3 cm³/mol. The fraction of sp³-hybridized carbons (Fsp3) is 0.350. The van der Waals surface area contributed by atoms with Crippen molar-refractivity contribution in [3.05, 3.63) is 65.7 Å². The molecule has 0 aliphatic carbocycles. The van der Waals surface area contributed by atoms with Crippen molar-refractivity contribution in [3.8, 4) is 5.75 Å². The van der Waals surface area contributed by atoms with Crippen molar-refractivity contribution in [2.45, 2.75) is 38.1 Å². The Bertz CT molecular complexity index is 636. The Morgan fingerprint density at radius 1 is 1.04 bits per heavy atom. The molecule has 2 rings (SSSR count). The van der Waals surface area contributed by atoms with Gasteiger partial charge in [-0.1, -0.05) is 42.5 Å². The first-order valence-electron chi connectivity index (χ1n) is 8.25. The molecule has 2 aromatic rings. The van der Waals surface area contributed by atoms with E-state index in [2.05, 4.69) is 24.3 Å². The van der Waals surface area contributed by atoms with Crippen LogP contribution < -0.4 is 10.5 Å². The number of carbonyl (C=O) groups is 1. The Labute approximate surface area is 143 Å². The van der Waals surface area contributed by atoms with Crippen LogP contribution in [-0.4, -0.2) is 23.2 Å². The van der Waals surface area contributed by atoms with E-state index in [-0.39, 0.29) is 0 Å². The quantitative estimate of drug-likeness (QED) is 0.690. The zero-order chi connectivity index (χ0) is 17.4. The van der Waals surface area contributed by atoms with E-state index in [0.29, 0.717) is 13.0 Å². The third kappa shape index (κ3) is 5.70. The highest BCUT2D eigenvalue weighted by molar-refractivity contribution is 5.77.